The number of carbonyl (C=O) groups is 3. The van der Waals surface area contributed by atoms with Gasteiger partial charge >= 0.3 is 11.9 Å². The molecule has 0 spiro atoms. The number of carbonyl (C=O) groups excluding carboxylic acids is 2. The predicted molar refractivity (Wildman–Crippen MR) is 156 cm³/mol. The molecule has 230 valence electrons. The van der Waals surface area contributed by atoms with Gasteiger partial charge in [-0.1, -0.05) is 12.1 Å². The molecule has 0 saturated carbocycles. The molecule has 10 nitrogen and oxygen atoms in total. The number of rotatable bonds is 10. The lowest BCUT2D eigenvalue weighted by molar-refractivity contribution is -0.148. The number of amides is 1. The van der Waals surface area contributed by atoms with E-state index >= 15 is 4.39 Å². The molecular weight excluding hydrogens is 580 g/mol. The molecule has 3 aliphatic rings. The summed E-state index contributed by atoms with van der Waals surface area (Å²) in [7, 11) is 0. The number of nitrogens with one attached hydrogen (secondary N) is 1. The summed E-state index contributed by atoms with van der Waals surface area (Å²) in [5.41, 5.74) is -1.57. The number of hydrogen-bond acceptors (Lipinski definition) is 9. The number of aliphatic imine (C=N–C) groups is 1. The number of aliphatic carboxylic acids is 1. The number of fused-ring (bicyclic) bond motifs is 1. The van der Waals surface area contributed by atoms with Crippen molar-refractivity contribution >= 4 is 35.0 Å². The van der Waals surface area contributed by atoms with E-state index in [-0.39, 0.29) is 51.2 Å². The van der Waals surface area contributed by atoms with E-state index in [1.807, 2.05) is 0 Å². The van der Waals surface area contributed by atoms with E-state index in [2.05, 4.69) is 10.3 Å². The molecule has 0 bridgehead atoms. The van der Waals surface area contributed by atoms with Crippen molar-refractivity contribution < 1.29 is 33.0 Å². The Labute approximate surface area is 252 Å². The zero-order valence-electron chi connectivity index (χ0n) is 24.5. The highest BCUT2D eigenvalue weighted by atomic mass is 32.1. The monoisotopic (exact) mass is 615 g/mol. The van der Waals surface area contributed by atoms with E-state index in [1.54, 1.807) is 56.3 Å². The van der Waals surface area contributed by atoms with Crippen LogP contribution >= 0.6 is 11.3 Å². The summed E-state index contributed by atoms with van der Waals surface area (Å²) in [6.45, 7) is 6.78. The summed E-state index contributed by atoms with van der Waals surface area (Å²) in [4.78, 5) is 50.9. The summed E-state index contributed by atoms with van der Waals surface area (Å²) in [6.07, 6.45) is 1.90. The lowest BCUT2D eigenvalue weighted by atomic mass is 9.89. The van der Waals surface area contributed by atoms with Crippen molar-refractivity contribution in [3.63, 3.8) is 0 Å². The van der Waals surface area contributed by atoms with E-state index in [9.17, 15) is 23.9 Å². The third-order valence-corrected chi connectivity index (χ3v) is 9.26. The fourth-order valence-corrected chi connectivity index (χ4v) is 6.47. The minimum absolute atomic E-state index is 0.0000577. The minimum Gasteiger partial charge on any atom is -0.481 e. The molecule has 2 aromatic rings. The highest BCUT2D eigenvalue weighted by Gasteiger charge is 2.59. The quantitative estimate of drug-likeness (QED) is 0.389. The molecule has 3 atom stereocenters. The molecule has 0 aliphatic carbocycles. The van der Waals surface area contributed by atoms with Crippen LogP contribution < -0.4 is 5.32 Å². The van der Waals surface area contributed by atoms with Gasteiger partial charge in [0, 0.05) is 36.9 Å². The number of halogens is 2. The van der Waals surface area contributed by atoms with Crippen LogP contribution in [0.5, 0.6) is 0 Å². The van der Waals surface area contributed by atoms with Crippen LogP contribution in [-0.2, 0) is 19.1 Å². The van der Waals surface area contributed by atoms with Crippen LogP contribution in [0.25, 0.3) is 0 Å². The van der Waals surface area contributed by atoms with Crippen molar-refractivity contribution in [1.29, 1.82) is 0 Å². The van der Waals surface area contributed by atoms with Crippen LogP contribution in [0.1, 0.15) is 55.8 Å². The maximum atomic E-state index is 16.3. The predicted octanol–water partition coefficient (Wildman–Crippen LogP) is 3.62. The molecule has 3 aliphatic heterocycles. The number of esters is 1. The first kappa shape index (κ1) is 30.7. The van der Waals surface area contributed by atoms with Crippen LogP contribution in [0.2, 0.25) is 0 Å². The molecule has 2 saturated heterocycles. The Morgan fingerprint density at radius 1 is 1.33 bits per heavy atom. The molecule has 13 heteroatoms. The summed E-state index contributed by atoms with van der Waals surface area (Å²) in [5, 5.41) is 15.0. The van der Waals surface area contributed by atoms with Crippen molar-refractivity contribution in [2.45, 2.75) is 58.3 Å². The number of amidine groups is 1. The van der Waals surface area contributed by atoms with Crippen molar-refractivity contribution in [2.75, 3.05) is 32.8 Å². The molecule has 2 fully saturated rings. The Balaban J connectivity index is 1.51. The molecule has 3 unspecified atom stereocenters. The van der Waals surface area contributed by atoms with Crippen LogP contribution in [0.15, 0.2) is 46.0 Å². The van der Waals surface area contributed by atoms with E-state index in [0.29, 0.717) is 27.7 Å². The topological polar surface area (TPSA) is 124 Å². The number of aromatic nitrogens is 1. The summed E-state index contributed by atoms with van der Waals surface area (Å²) >= 11 is 1.33. The van der Waals surface area contributed by atoms with E-state index in [0.717, 1.165) is 0 Å². The molecule has 5 rings (SSSR count). The van der Waals surface area contributed by atoms with Gasteiger partial charge in [0.2, 0.25) is 5.91 Å². The standard InChI is InChI=1S/C30H35F2N5O5S/c1-5-42-27(39)21-20(34-24(25-33-11-14-43-25)35-22(21)18-7-6-8-19(31)17(18)2)15-36-13-10-30(32)16-37(26(38)23(30)36)12-9-29(3,4)28(40)41/h6-8,11,14,22-23H,5,9-10,12-13,15-16H2,1-4H3,(H,34,35)(H,40,41). The van der Waals surface area contributed by atoms with Crippen molar-refractivity contribution in [1.82, 2.24) is 20.1 Å². The van der Waals surface area contributed by atoms with Crippen molar-refractivity contribution in [3.05, 3.63) is 63.0 Å². The average molecular weight is 616 g/mol. The van der Waals surface area contributed by atoms with Gasteiger partial charge in [0.1, 0.15) is 17.9 Å². The van der Waals surface area contributed by atoms with E-state index in [1.165, 1.54) is 22.3 Å². The Morgan fingerprint density at radius 3 is 2.77 bits per heavy atom. The van der Waals surface area contributed by atoms with Crippen LogP contribution in [0.3, 0.4) is 0 Å². The molecular formula is C30H35F2N5O5S. The van der Waals surface area contributed by atoms with Gasteiger partial charge in [0.25, 0.3) is 0 Å². The lowest BCUT2D eigenvalue weighted by Gasteiger charge is -2.31. The van der Waals surface area contributed by atoms with Crippen LogP contribution in [-0.4, -0.2) is 88.1 Å². The van der Waals surface area contributed by atoms with Gasteiger partial charge in [0.15, 0.2) is 16.5 Å². The largest absolute Gasteiger partial charge is 0.481 e. The molecule has 1 amide bonds. The highest BCUT2D eigenvalue weighted by molar-refractivity contribution is 7.11. The Kier molecular flexibility index (Phi) is 8.41. The first-order valence-electron chi connectivity index (χ1n) is 14.2. The number of ether oxygens (including phenoxy) is 1. The molecule has 1 aromatic carbocycles. The molecule has 43 heavy (non-hydrogen) atoms. The smallest absolute Gasteiger partial charge is 0.338 e. The van der Waals surface area contributed by atoms with Gasteiger partial charge in [-0.25, -0.2) is 18.6 Å². The number of nitrogens with zero attached hydrogens (tertiary/aromatic N) is 4. The van der Waals surface area contributed by atoms with Gasteiger partial charge in [-0.3, -0.25) is 19.5 Å². The van der Waals surface area contributed by atoms with Crippen LogP contribution in [0.4, 0.5) is 8.78 Å². The second-order valence-electron chi connectivity index (χ2n) is 11.8. The SMILES string of the molecule is CCOC(=O)C1=C(CN2CCC3(F)CN(CCC(C)(C)C(=O)O)C(=O)C23)NC(c2nccs2)=NC1c1cccc(F)c1C. The Morgan fingerprint density at radius 2 is 2.09 bits per heavy atom. The minimum atomic E-state index is -1.82. The number of benzene rings is 1. The van der Waals surface area contributed by atoms with Gasteiger partial charge in [-0.05, 0) is 57.7 Å². The first-order valence-corrected chi connectivity index (χ1v) is 15.1. The van der Waals surface area contributed by atoms with Gasteiger partial charge < -0.3 is 20.1 Å². The molecule has 0 radical (unpaired) electrons. The normalized spacial score (nSPS) is 24.2. The Hall–Kier alpha value is -3.71. The third kappa shape index (κ3) is 5.79. The molecule has 1 aromatic heterocycles. The Bertz CT molecular complexity index is 1490. The molecule has 4 heterocycles. The summed E-state index contributed by atoms with van der Waals surface area (Å²) in [6, 6.07) is 2.55. The maximum absolute atomic E-state index is 16.3. The zero-order valence-corrected chi connectivity index (χ0v) is 25.3. The van der Waals surface area contributed by atoms with Crippen molar-refractivity contribution in [2.24, 2.45) is 10.4 Å². The number of likely N-dealkylation sites (tertiary alicyclic amines) is 2. The maximum Gasteiger partial charge on any atom is 0.338 e. The fraction of sp³-hybridized carbons (Fsp3) is 0.500. The number of carboxylic acid groups (broad SMARTS) is 1. The van der Waals surface area contributed by atoms with Crippen LogP contribution in [0, 0.1) is 18.2 Å². The van der Waals surface area contributed by atoms with Gasteiger partial charge in [0.05, 0.1) is 24.1 Å². The second-order valence-corrected chi connectivity index (χ2v) is 12.7. The van der Waals surface area contributed by atoms with E-state index in [4.69, 9.17) is 9.73 Å². The highest BCUT2D eigenvalue weighted by Crippen LogP contribution is 2.42. The number of thiazole rings is 1. The zero-order chi connectivity index (χ0) is 31.1. The first-order chi connectivity index (χ1) is 20.4. The summed E-state index contributed by atoms with van der Waals surface area (Å²) in [5.74, 6) is -2.13. The number of alkyl halides is 1. The second kappa shape index (κ2) is 11.8. The third-order valence-electron chi connectivity index (χ3n) is 8.48. The average Bonchev–Trinajstić information content (AvgIpc) is 3.66. The molecule has 2 N–H and O–H groups in total. The van der Waals surface area contributed by atoms with Crippen molar-refractivity contribution in [3.8, 4) is 0 Å². The van der Waals surface area contributed by atoms with Gasteiger partial charge in [-0.2, -0.15) is 0 Å². The van der Waals surface area contributed by atoms with Gasteiger partial charge in [-0.15, -0.1) is 11.3 Å². The number of hydrogen-bond donors (Lipinski definition) is 2. The number of carboxylic acids is 1. The van der Waals surface area contributed by atoms with E-state index < -0.39 is 46.8 Å². The lowest BCUT2D eigenvalue weighted by Crippen LogP contribution is -2.47. The fourth-order valence-electron chi connectivity index (χ4n) is 5.88. The summed E-state index contributed by atoms with van der Waals surface area (Å²) < 4.78 is 36.4.